The van der Waals surface area contributed by atoms with Crippen LogP contribution >= 0.6 is 15.9 Å². The smallest absolute Gasteiger partial charge is 0.195 e. The van der Waals surface area contributed by atoms with Crippen LogP contribution in [0.3, 0.4) is 0 Å². The molecule has 4 heteroatoms. The SMILES string of the molecule is Oc1ccc(C(Br)CCCc2nc3ccccc3o2)cc1. The third kappa shape index (κ3) is 3.45. The van der Waals surface area contributed by atoms with Crippen LogP contribution in [0.4, 0.5) is 0 Å². The van der Waals surface area contributed by atoms with E-state index in [1.807, 2.05) is 36.4 Å². The molecule has 0 radical (unpaired) electrons. The zero-order valence-corrected chi connectivity index (χ0v) is 13.1. The summed E-state index contributed by atoms with van der Waals surface area (Å²) in [6, 6.07) is 15.1. The molecule has 21 heavy (non-hydrogen) atoms. The summed E-state index contributed by atoms with van der Waals surface area (Å²) in [5.41, 5.74) is 2.94. The predicted octanol–water partition coefficient (Wildman–Crippen LogP) is 4.99. The zero-order chi connectivity index (χ0) is 14.7. The van der Waals surface area contributed by atoms with Crippen molar-refractivity contribution in [2.45, 2.75) is 24.1 Å². The molecule has 3 rings (SSSR count). The molecule has 1 heterocycles. The van der Waals surface area contributed by atoms with Crippen LogP contribution in [0.1, 0.15) is 29.1 Å². The number of benzene rings is 2. The predicted molar refractivity (Wildman–Crippen MR) is 86.7 cm³/mol. The molecule has 1 aromatic heterocycles. The number of alkyl halides is 1. The molecule has 0 bridgehead atoms. The Balaban J connectivity index is 1.56. The van der Waals surface area contributed by atoms with Gasteiger partial charge < -0.3 is 9.52 Å². The lowest BCUT2D eigenvalue weighted by atomic mass is 10.1. The average molecular weight is 346 g/mol. The molecule has 2 aromatic carbocycles. The minimum absolute atomic E-state index is 0.280. The standard InChI is InChI=1S/C17H16BrNO2/c18-14(12-8-10-13(20)11-9-12)4-3-7-17-19-15-5-1-2-6-16(15)21-17/h1-2,5-6,8-11,14,20H,3-4,7H2. The van der Waals surface area contributed by atoms with Crippen LogP contribution in [-0.2, 0) is 6.42 Å². The molecule has 0 saturated heterocycles. The lowest BCUT2D eigenvalue weighted by Crippen LogP contribution is -1.92. The summed E-state index contributed by atoms with van der Waals surface area (Å²) in [6.07, 6.45) is 2.81. The maximum atomic E-state index is 9.30. The second-order valence-electron chi connectivity index (χ2n) is 5.03. The summed E-state index contributed by atoms with van der Waals surface area (Å²) in [7, 11) is 0. The van der Waals surface area contributed by atoms with Gasteiger partial charge in [0.25, 0.3) is 0 Å². The summed E-state index contributed by atoms with van der Waals surface area (Å²) >= 11 is 3.69. The number of fused-ring (bicyclic) bond motifs is 1. The zero-order valence-electron chi connectivity index (χ0n) is 11.5. The monoisotopic (exact) mass is 345 g/mol. The van der Waals surface area contributed by atoms with Crippen molar-refractivity contribution in [1.29, 1.82) is 0 Å². The molecule has 108 valence electrons. The molecule has 0 aliphatic carbocycles. The number of aryl methyl sites for hydroxylation is 1. The van der Waals surface area contributed by atoms with E-state index in [4.69, 9.17) is 4.42 Å². The third-order valence-corrected chi connectivity index (χ3v) is 4.43. The van der Waals surface area contributed by atoms with Crippen molar-refractivity contribution in [3.8, 4) is 5.75 Å². The largest absolute Gasteiger partial charge is 0.508 e. The summed E-state index contributed by atoms with van der Waals surface area (Å²) < 4.78 is 5.71. The number of para-hydroxylation sites is 2. The van der Waals surface area contributed by atoms with E-state index in [1.165, 1.54) is 5.56 Å². The molecule has 0 aliphatic heterocycles. The van der Waals surface area contributed by atoms with Gasteiger partial charge in [-0.25, -0.2) is 4.98 Å². The molecule has 0 aliphatic rings. The summed E-state index contributed by atoms with van der Waals surface area (Å²) in [6.45, 7) is 0. The first kappa shape index (κ1) is 14.1. The van der Waals surface area contributed by atoms with Crippen molar-refractivity contribution in [1.82, 2.24) is 4.98 Å². The van der Waals surface area contributed by atoms with E-state index in [-0.39, 0.29) is 4.83 Å². The Kier molecular flexibility index (Phi) is 4.25. The van der Waals surface area contributed by atoms with Gasteiger partial charge in [0.2, 0.25) is 0 Å². The van der Waals surface area contributed by atoms with Crippen molar-refractivity contribution in [3.63, 3.8) is 0 Å². The number of nitrogens with zero attached hydrogens (tertiary/aromatic N) is 1. The maximum Gasteiger partial charge on any atom is 0.195 e. The first-order chi connectivity index (χ1) is 10.2. The van der Waals surface area contributed by atoms with Crippen LogP contribution in [0, 0.1) is 0 Å². The Hall–Kier alpha value is -1.81. The Labute approximate surface area is 131 Å². The summed E-state index contributed by atoms with van der Waals surface area (Å²) in [5.74, 6) is 1.09. The normalized spacial score (nSPS) is 12.6. The van der Waals surface area contributed by atoms with Gasteiger partial charge >= 0.3 is 0 Å². The lowest BCUT2D eigenvalue weighted by molar-refractivity contribution is 0.475. The highest BCUT2D eigenvalue weighted by molar-refractivity contribution is 9.09. The van der Waals surface area contributed by atoms with Crippen LogP contribution < -0.4 is 0 Å². The first-order valence-electron chi connectivity index (χ1n) is 7.00. The fourth-order valence-electron chi connectivity index (χ4n) is 2.31. The van der Waals surface area contributed by atoms with E-state index in [1.54, 1.807) is 12.1 Å². The van der Waals surface area contributed by atoms with Crippen LogP contribution in [-0.4, -0.2) is 10.1 Å². The molecule has 0 saturated carbocycles. The van der Waals surface area contributed by atoms with E-state index in [0.717, 1.165) is 36.3 Å². The van der Waals surface area contributed by atoms with Gasteiger partial charge in [-0.15, -0.1) is 0 Å². The van der Waals surface area contributed by atoms with Crippen molar-refractivity contribution in [3.05, 3.63) is 60.0 Å². The van der Waals surface area contributed by atoms with Gasteiger partial charge in [0.1, 0.15) is 11.3 Å². The van der Waals surface area contributed by atoms with Gasteiger partial charge in [0, 0.05) is 11.2 Å². The Morgan fingerprint density at radius 2 is 1.86 bits per heavy atom. The molecular weight excluding hydrogens is 330 g/mol. The average Bonchev–Trinajstić information content (AvgIpc) is 2.90. The van der Waals surface area contributed by atoms with Crippen LogP contribution in [0.2, 0.25) is 0 Å². The number of phenolic OH excluding ortho intramolecular Hbond substituents is 1. The first-order valence-corrected chi connectivity index (χ1v) is 7.91. The van der Waals surface area contributed by atoms with Crippen LogP contribution in [0.5, 0.6) is 5.75 Å². The van der Waals surface area contributed by atoms with Crippen molar-refractivity contribution in [2.75, 3.05) is 0 Å². The number of halogens is 1. The third-order valence-electron chi connectivity index (χ3n) is 3.44. The van der Waals surface area contributed by atoms with Crippen LogP contribution in [0.25, 0.3) is 11.1 Å². The fourth-order valence-corrected chi connectivity index (χ4v) is 2.94. The van der Waals surface area contributed by atoms with E-state index >= 15 is 0 Å². The molecule has 1 atom stereocenters. The molecule has 1 unspecified atom stereocenters. The number of hydrogen-bond donors (Lipinski definition) is 1. The van der Waals surface area contributed by atoms with Gasteiger partial charge in [0.15, 0.2) is 11.5 Å². The van der Waals surface area contributed by atoms with Gasteiger partial charge in [-0.3, -0.25) is 0 Å². The van der Waals surface area contributed by atoms with Crippen molar-refractivity contribution >= 4 is 27.0 Å². The van der Waals surface area contributed by atoms with Gasteiger partial charge in [-0.05, 0) is 42.7 Å². The summed E-state index contributed by atoms with van der Waals surface area (Å²) in [4.78, 5) is 4.76. The number of oxazole rings is 1. The van der Waals surface area contributed by atoms with Gasteiger partial charge in [-0.2, -0.15) is 0 Å². The number of phenols is 1. The molecule has 0 fully saturated rings. The van der Waals surface area contributed by atoms with E-state index in [2.05, 4.69) is 20.9 Å². The molecule has 3 aromatic rings. The van der Waals surface area contributed by atoms with E-state index in [9.17, 15) is 5.11 Å². The quantitative estimate of drug-likeness (QED) is 0.662. The number of hydrogen-bond acceptors (Lipinski definition) is 3. The van der Waals surface area contributed by atoms with Gasteiger partial charge in [-0.1, -0.05) is 40.2 Å². The molecule has 1 N–H and O–H groups in total. The topological polar surface area (TPSA) is 46.3 Å². The minimum Gasteiger partial charge on any atom is -0.508 e. The van der Waals surface area contributed by atoms with Gasteiger partial charge in [0.05, 0.1) is 0 Å². The second-order valence-corrected chi connectivity index (χ2v) is 6.13. The maximum absolute atomic E-state index is 9.30. The molecule has 3 nitrogen and oxygen atoms in total. The van der Waals surface area contributed by atoms with Crippen molar-refractivity contribution < 1.29 is 9.52 Å². The minimum atomic E-state index is 0.280. The van der Waals surface area contributed by atoms with Crippen LogP contribution in [0.15, 0.2) is 52.9 Å². The van der Waals surface area contributed by atoms with E-state index < -0.39 is 0 Å². The number of aromatic nitrogens is 1. The molecule has 0 amide bonds. The molecule has 0 spiro atoms. The second kappa shape index (κ2) is 6.31. The number of rotatable bonds is 5. The highest BCUT2D eigenvalue weighted by Crippen LogP contribution is 2.29. The van der Waals surface area contributed by atoms with Crippen molar-refractivity contribution in [2.24, 2.45) is 0 Å². The number of aromatic hydroxyl groups is 1. The Morgan fingerprint density at radius 1 is 1.10 bits per heavy atom. The Morgan fingerprint density at radius 3 is 2.62 bits per heavy atom. The lowest BCUT2D eigenvalue weighted by Gasteiger charge is -2.09. The Bertz CT molecular complexity index is 688. The van der Waals surface area contributed by atoms with E-state index in [0.29, 0.717) is 5.75 Å². The summed E-state index contributed by atoms with van der Waals surface area (Å²) in [5, 5.41) is 9.30. The highest BCUT2D eigenvalue weighted by atomic mass is 79.9. The molecular formula is C17H16BrNO2. The fraction of sp³-hybridized carbons (Fsp3) is 0.235. The highest BCUT2D eigenvalue weighted by Gasteiger charge is 2.09.